The molecule has 4 heterocycles. The molecule has 0 spiro atoms. The molecule has 2 aliphatic rings. The number of carboxylic acids is 1. The van der Waals surface area contributed by atoms with Crippen LogP contribution in [0, 0.1) is 11.3 Å². The molecule has 2 aliphatic heterocycles. The van der Waals surface area contributed by atoms with Crippen LogP contribution < -0.4 is 21.4 Å². The number of anilines is 1. The van der Waals surface area contributed by atoms with Crippen molar-refractivity contribution in [2.24, 2.45) is 10.9 Å². The monoisotopic (exact) mass is 570 g/mol. The number of nitriles is 1. The number of nitrogen functional groups attached to an aromatic ring is 1. The van der Waals surface area contributed by atoms with Crippen molar-refractivity contribution < 1.29 is 33.7 Å². The zero-order chi connectivity index (χ0) is 28.1. The van der Waals surface area contributed by atoms with Gasteiger partial charge in [0.15, 0.2) is 24.1 Å². The summed E-state index contributed by atoms with van der Waals surface area (Å²) in [6.45, 7) is -0.0629. The lowest BCUT2D eigenvalue weighted by Gasteiger charge is -2.49. The first kappa shape index (κ1) is 27.2. The number of β-lactam (4-membered cyclic amide) rings is 1. The van der Waals surface area contributed by atoms with Gasteiger partial charge < -0.3 is 26.7 Å². The van der Waals surface area contributed by atoms with E-state index in [4.69, 9.17) is 21.6 Å². The highest BCUT2D eigenvalue weighted by Gasteiger charge is 2.54. The molecule has 1 fully saturated rings. The van der Waals surface area contributed by atoms with Gasteiger partial charge in [-0.15, -0.1) is 11.8 Å². The molecule has 0 unspecified atom stereocenters. The lowest BCUT2D eigenvalue weighted by Crippen LogP contribution is -2.71. The number of amides is 3. The molecular weight excluding hydrogens is 550 g/mol. The summed E-state index contributed by atoms with van der Waals surface area (Å²) in [7, 11) is 0. The van der Waals surface area contributed by atoms with Crippen molar-refractivity contribution in [2.75, 3.05) is 18.1 Å². The topological polar surface area (TPSA) is 231 Å². The third kappa shape index (κ3) is 5.86. The predicted octanol–water partition coefficient (Wildman–Crippen LogP) is -1.25. The molecule has 0 saturated carbocycles. The Morgan fingerprint density at radius 1 is 1.38 bits per heavy atom. The zero-order valence-corrected chi connectivity index (χ0v) is 21.5. The number of fused-ring (bicyclic) bond motifs is 1. The van der Waals surface area contributed by atoms with Crippen molar-refractivity contribution in [1.82, 2.24) is 19.6 Å². The fourth-order valence-corrected chi connectivity index (χ4v) is 5.43. The average molecular weight is 571 g/mol. The third-order valence-corrected chi connectivity index (χ3v) is 7.30. The fraction of sp³-hybridized carbons (Fsp3) is 0.227. The van der Waals surface area contributed by atoms with E-state index in [1.807, 2.05) is 0 Å². The molecule has 0 bridgehead atoms. The number of thioether (sulfide) groups is 1. The van der Waals surface area contributed by atoms with E-state index >= 15 is 0 Å². The van der Waals surface area contributed by atoms with Gasteiger partial charge in [-0.25, -0.2) is 9.36 Å². The number of nitrogens with zero attached hydrogens (tertiary/aromatic N) is 6. The van der Waals surface area contributed by atoms with Gasteiger partial charge in [-0.2, -0.15) is 14.6 Å². The highest BCUT2D eigenvalue weighted by molar-refractivity contribution is 8.00. The Labute approximate surface area is 228 Å². The second-order valence-electron chi connectivity index (χ2n) is 7.92. The smallest absolute Gasteiger partial charge is 0.352 e. The first-order chi connectivity index (χ1) is 18.7. The van der Waals surface area contributed by atoms with Gasteiger partial charge in [0.25, 0.3) is 11.8 Å². The Hall–Kier alpha value is -4.82. The Morgan fingerprint density at radius 2 is 2.13 bits per heavy atom. The van der Waals surface area contributed by atoms with E-state index in [0.717, 1.165) is 16.4 Å². The number of aliphatic carboxylic acids is 1. The standard InChI is InChI=1S/C22H19N9O6S2/c23-5-9-37-28-13(17-27-22(25)39-29-17)18(33)26-14-19(34)31-15(21(35)36)12(10-38-20(14)31)2-1-6-30-7-3-11(4-8-30)16(24)32/h1-4,7-8,14,20H,6,9-10H2,(H5-,24,25,26,27,29,32,33,35,36)/p+1/b2-1+,28-13-/t14-,20-/m1/s1. The second-order valence-corrected chi connectivity index (χ2v) is 9.81. The number of allylic oxidation sites excluding steroid dienone is 2. The number of carbonyl (C=O) groups is 4. The van der Waals surface area contributed by atoms with Gasteiger partial charge >= 0.3 is 5.97 Å². The SMILES string of the molecule is N#CCO/N=C(\C(=O)N[C@@H]1C(=O)N2C(C(=O)O)=C(/C=C/C[n+]3ccc(C(N)=O)cc3)CS[C@H]12)c1nsc(N)n1. The summed E-state index contributed by atoms with van der Waals surface area (Å²) in [6, 6.07) is 3.79. The van der Waals surface area contributed by atoms with Crippen molar-refractivity contribution in [3.8, 4) is 6.07 Å². The van der Waals surface area contributed by atoms with E-state index in [-0.39, 0.29) is 28.1 Å². The lowest BCUT2D eigenvalue weighted by atomic mass is 10.0. The van der Waals surface area contributed by atoms with Crippen LogP contribution in [0.25, 0.3) is 0 Å². The number of oxime groups is 1. The Balaban J connectivity index is 1.47. The number of nitrogens with two attached hydrogens (primary N) is 2. The number of nitrogens with one attached hydrogen (secondary N) is 1. The number of hydrogen-bond acceptors (Lipinski definition) is 12. The molecule has 0 radical (unpaired) electrons. The summed E-state index contributed by atoms with van der Waals surface area (Å²) in [4.78, 5) is 59.0. The molecule has 1 saturated heterocycles. The molecule has 4 rings (SSSR count). The molecule has 0 aliphatic carbocycles. The normalized spacial score (nSPS) is 18.8. The Kier molecular flexibility index (Phi) is 8.17. The Bertz CT molecular complexity index is 1460. The van der Waals surface area contributed by atoms with Crippen LogP contribution in [0.4, 0.5) is 5.13 Å². The van der Waals surface area contributed by atoms with Crippen LogP contribution in [0.1, 0.15) is 16.2 Å². The predicted molar refractivity (Wildman–Crippen MR) is 136 cm³/mol. The van der Waals surface area contributed by atoms with Crippen LogP contribution in [0.5, 0.6) is 0 Å². The van der Waals surface area contributed by atoms with Crippen LogP contribution in [0.3, 0.4) is 0 Å². The second kappa shape index (κ2) is 11.7. The van der Waals surface area contributed by atoms with Crippen molar-refractivity contribution in [2.45, 2.75) is 18.0 Å². The number of primary amides is 1. The van der Waals surface area contributed by atoms with Gasteiger partial charge in [0.2, 0.25) is 24.1 Å². The van der Waals surface area contributed by atoms with Crippen LogP contribution in [-0.2, 0) is 25.8 Å². The van der Waals surface area contributed by atoms with E-state index in [1.54, 1.807) is 47.3 Å². The summed E-state index contributed by atoms with van der Waals surface area (Å²) in [6.07, 6.45) is 6.67. The highest BCUT2D eigenvalue weighted by atomic mass is 32.2. The summed E-state index contributed by atoms with van der Waals surface area (Å²) in [5.74, 6) is -3.18. The van der Waals surface area contributed by atoms with Crippen molar-refractivity contribution >= 4 is 57.8 Å². The first-order valence-electron chi connectivity index (χ1n) is 11.0. The molecule has 2 aromatic rings. The van der Waals surface area contributed by atoms with E-state index < -0.39 is 41.7 Å². The molecule has 3 amide bonds. The molecule has 2 aromatic heterocycles. The van der Waals surface area contributed by atoms with Gasteiger partial charge in [-0.1, -0.05) is 11.2 Å². The molecule has 15 nitrogen and oxygen atoms in total. The maximum atomic E-state index is 13.0. The quantitative estimate of drug-likeness (QED) is 0.0866. The van der Waals surface area contributed by atoms with Gasteiger partial charge in [0.1, 0.15) is 23.2 Å². The lowest BCUT2D eigenvalue weighted by molar-refractivity contribution is -0.687. The first-order valence-corrected chi connectivity index (χ1v) is 12.9. The number of pyridine rings is 1. The van der Waals surface area contributed by atoms with Crippen LogP contribution in [-0.4, -0.2) is 72.5 Å². The van der Waals surface area contributed by atoms with E-state index in [0.29, 0.717) is 17.7 Å². The number of carboxylic acid groups (broad SMARTS) is 1. The molecule has 0 aromatic carbocycles. The van der Waals surface area contributed by atoms with E-state index in [1.165, 1.54) is 11.8 Å². The fourth-order valence-electron chi connectivity index (χ4n) is 3.68. The van der Waals surface area contributed by atoms with Gasteiger partial charge in [0.05, 0.1) is 5.56 Å². The molecule has 2 atom stereocenters. The third-order valence-electron chi connectivity index (χ3n) is 5.45. The summed E-state index contributed by atoms with van der Waals surface area (Å²) in [5, 5.41) is 24.0. The summed E-state index contributed by atoms with van der Waals surface area (Å²) < 4.78 is 5.67. The van der Waals surface area contributed by atoms with Gasteiger partial charge in [-0.3, -0.25) is 19.3 Å². The number of carbonyl (C=O) groups excluding carboxylic acids is 3. The van der Waals surface area contributed by atoms with Gasteiger partial charge in [-0.05, 0) is 11.6 Å². The highest BCUT2D eigenvalue weighted by Crippen LogP contribution is 2.40. The number of rotatable bonds is 10. The largest absolute Gasteiger partial charge is 0.477 e. The van der Waals surface area contributed by atoms with Crippen LogP contribution in [0.15, 0.2) is 53.1 Å². The van der Waals surface area contributed by atoms with E-state index in [9.17, 15) is 24.3 Å². The molecular formula is C22H20N9O6S2+. The van der Waals surface area contributed by atoms with Gasteiger partial charge in [0, 0.05) is 29.4 Å². The Morgan fingerprint density at radius 3 is 2.74 bits per heavy atom. The minimum atomic E-state index is -1.29. The van der Waals surface area contributed by atoms with Crippen LogP contribution in [0.2, 0.25) is 0 Å². The summed E-state index contributed by atoms with van der Waals surface area (Å²) >= 11 is 2.09. The molecule has 17 heteroatoms. The van der Waals surface area contributed by atoms with E-state index in [2.05, 4.69) is 19.8 Å². The summed E-state index contributed by atoms with van der Waals surface area (Å²) in [5.41, 5.74) is 11.0. The maximum Gasteiger partial charge on any atom is 0.352 e. The van der Waals surface area contributed by atoms with Crippen LogP contribution >= 0.6 is 23.3 Å². The molecule has 39 heavy (non-hydrogen) atoms. The van der Waals surface area contributed by atoms with Crippen molar-refractivity contribution in [1.29, 1.82) is 5.26 Å². The number of aromatic nitrogens is 3. The molecule has 200 valence electrons. The zero-order valence-electron chi connectivity index (χ0n) is 19.9. The van der Waals surface area contributed by atoms with Crippen molar-refractivity contribution in [3.05, 3.63) is 59.3 Å². The minimum absolute atomic E-state index is 0.0670. The maximum absolute atomic E-state index is 13.0. The van der Waals surface area contributed by atoms with Crippen molar-refractivity contribution in [3.63, 3.8) is 0 Å². The molecule has 6 N–H and O–H groups in total. The average Bonchev–Trinajstić information content (AvgIpc) is 3.35. The number of hydrogen-bond donors (Lipinski definition) is 4. The minimum Gasteiger partial charge on any atom is -0.477 e.